The summed E-state index contributed by atoms with van der Waals surface area (Å²) >= 11 is 0. The second-order valence-corrected chi connectivity index (χ2v) is 10.7. The lowest BCUT2D eigenvalue weighted by Gasteiger charge is -2.17. The quantitative estimate of drug-likeness (QED) is 0.233. The van der Waals surface area contributed by atoms with E-state index in [4.69, 9.17) is 4.98 Å². The number of aromatic nitrogens is 6. The highest BCUT2D eigenvalue weighted by molar-refractivity contribution is 5.98. The van der Waals surface area contributed by atoms with E-state index < -0.39 is 0 Å². The van der Waals surface area contributed by atoms with E-state index >= 15 is 0 Å². The van der Waals surface area contributed by atoms with Crippen LogP contribution in [0.3, 0.4) is 0 Å². The van der Waals surface area contributed by atoms with Crippen LogP contribution in [0.15, 0.2) is 73.2 Å². The number of amides is 1. The highest BCUT2D eigenvalue weighted by Crippen LogP contribution is 2.33. The van der Waals surface area contributed by atoms with Crippen LogP contribution in [-0.4, -0.2) is 36.0 Å². The van der Waals surface area contributed by atoms with Crippen molar-refractivity contribution < 1.29 is 9.18 Å². The standard InChI is InChI=1S/C30H26FN7O/c1-30(2,3)14-25(39)34-19-12-18(15-32-16-19)17-8-9-23-21(13-17)27(38-37-23)29-35-24-10-11-33-26(28(24)36-29)20-6-4-5-7-22(20)31/h4-13,15-16H,14H2,1-3H3,(H,34,39)(H,35,36)(H,37,38). The number of benzene rings is 2. The van der Waals surface area contributed by atoms with Gasteiger partial charge in [-0.25, -0.2) is 9.37 Å². The molecule has 6 rings (SSSR count). The van der Waals surface area contributed by atoms with Crippen LogP contribution in [0.25, 0.3) is 55.8 Å². The van der Waals surface area contributed by atoms with Crippen LogP contribution < -0.4 is 5.32 Å². The van der Waals surface area contributed by atoms with Crippen molar-refractivity contribution >= 4 is 33.5 Å². The Labute approximate surface area is 223 Å². The summed E-state index contributed by atoms with van der Waals surface area (Å²) < 4.78 is 14.5. The first-order chi connectivity index (χ1) is 18.7. The Balaban J connectivity index is 1.37. The van der Waals surface area contributed by atoms with Crippen molar-refractivity contribution in [3.63, 3.8) is 0 Å². The summed E-state index contributed by atoms with van der Waals surface area (Å²) in [6, 6.07) is 16.2. The van der Waals surface area contributed by atoms with Crippen LogP contribution in [0.5, 0.6) is 0 Å². The number of hydrogen-bond acceptors (Lipinski definition) is 5. The summed E-state index contributed by atoms with van der Waals surface area (Å²) in [5, 5.41) is 11.4. The molecule has 4 aromatic heterocycles. The molecule has 0 unspecified atom stereocenters. The minimum Gasteiger partial charge on any atom is -0.336 e. The number of nitrogens with zero attached hydrogens (tertiary/aromatic N) is 4. The minimum atomic E-state index is -0.359. The Bertz CT molecular complexity index is 1850. The van der Waals surface area contributed by atoms with Gasteiger partial charge in [0.15, 0.2) is 5.82 Å². The first-order valence-corrected chi connectivity index (χ1v) is 12.6. The lowest BCUT2D eigenvalue weighted by molar-refractivity contribution is -0.117. The number of fused-ring (bicyclic) bond motifs is 2. The number of nitrogens with one attached hydrogen (secondary N) is 3. The Morgan fingerprint density at radius 3 is 2.64 bits per heavy atom. The number of carbonyl (C=O) groups excluding carboxylic acids is 1. The van der Waals surface area contributed by atoms with Crippen molar-refractivity contribution in [3.05, 3.63) is 79.0 Å². The SMILES string of the molecule is CC(C)(C)CC(=O)Nc1cncc(-c2ccc3[nH]nc(-c4nc5c(-c6ccccc6F)nccc5[nH]4)c3c2)c1. The number of anilines is 1. The zero-order valence-electron chi connectivity index (χ0n) is 21.7. The summed E-state index contributed by atoms with van der Waals surface area (Å²) in [5.74, 6) is 0.130. The predicted molar refractivity (Wildman–Crippen MR) is 150 cm³/mol. The fourth-order valence-corrected chi connectivity index (χ4v) is 4.62. The van der Waals surface area contributed by atoms with Crippen LogP contribution in [0.4, 0.5) is 10.1 Å². The van der Waals surface area contributed by atoms with Crippen LogP contribution >= 0.6 is 0 Å². The number of hydrogen-bond donors (Lipinski definition) is 3. The predicted octanol–water partition coefficient (Wildman–Crippen LogP) is 6.74. The Kier molecular flexibility index (Phi) is 5.91. The van der Waals surface area contributed by atoms with Crippen molar-refractivity contribution in [1.29, 1.82) is 0 Å². The maximum Gasteiger partial charge on any atom is 0.224 e. The van der Waals surface area contributed by atoms with Crippen molar-refractivity contribution in [3.8, 4) is 33.9 Å². The molecule has 0 aliphatic heterocycles. The van der Waals surface area contributed by atoms with Crippen molar-refractivity contribution in [2.75, 3.05) is 5.32 Å². The molecule has 194 valence electrons. The summed E-state index contributed by atoms with van der Waals surface area (Å²) in [5.41, 5.74) is 5.90. The van der Waals surface area contributed by atoms with E-state index in [1.54, 1.807) is 36.8 Å². The molecule has 3 N–H and O–H groups in total. The molecule has 0 aliphatic carbocycles. The summed E-state index contributed by atoms with van der Waals surface area (Å²) in [6.45, 7) is 6.08. The van der Waals surface area contributed by atoms with Crippen molar-refractivity contribution in [2.24, 2.45) is 5.41 Å². The first-order valence-electron chi connectivity index (χ1n) is 12.6. The second-order valence-electron chi connectivity index (χ2n) is 10.7. The third-order valence-corrected chi connectivity index (χ3v) is 6.36. The summed E-state index contributed by atoms with van der Waals surface area (Å²) in [7, 11) is 0. The lowest BCUT2D eigenvalue weighted by Crippen LogP contribution is -2.19. The van der Waals surface area contributed by atoms with Gasteiger partial charge in [0.05, 0.1) is 22.9 Å². The van der Waals surface area contributed by atoms with E-state index in [0.717, 1.165) is 27.5 Å². The Morgan fingerprint density at radius 2 is 1.82 bits per heavy atom. The topological polar surface area (TPSA) is 112 Å². The smallest absolute Gasteiger partial charge is 0.224 e. The number of imidazole rings is 1. The fraction of sp³-hybridized carbons (Fsp3) is 0.167. The van der Waals surface area contributed by atoms with Gasteiger partial charge in [-0.1, -0.05) is 39.0 Å². The van der Waals surface area contributed by atoms with Gasteiger partial charge in [0, 0.05) is 35.3 Å². The van der Waals surface area contributed by atoms with Gasteiger partial charge in [0.25, 0.3) is 0 Å². The molecule has 0 radical (unpaired) electrons. The molecule has 1 amide bonds. The molecule has 0 spiro atoms. The number of aromatic amines is 2. The summed E-state index contributed by atoms with van der Waals surface area (Å²) in [6.07, 6.45) is 5.44. The van der Waals surface area contributed by atoms with Gasteiger partial charge in [-0.3, -0.25) is 19.9 Å². The van der Waals surface area contributed by atoms with E-state index in [9.17, 15) is 9.18 Å². The molecule has 0 fully saturated rings. The molecule has 0 bridgehead atoms. The molecule has 39 heavy (non-hydrogen) atoms. The van der Waals surface area contributed by atoms with Gasteiger partial charge in [0.1, 0.15) is 22.7 Å². The molecule has 0 aliphatic rings. The third kappa shape index (κ3) is 4.86. The highest BCUT2D eigenvalue weighted by atomic mass is 19.1. The van der Waals surface area contributed by atoms with Crippen LogP contribution in [0.2, 0.25) is 0 Å². The number of pyridine rings is 2. The van der Waals surface area contributed by atoms with Crippen LogP contribution in [0, 0.1) is 11.2 Å². The molecule has 8 nitrogen and oxygen atoms in total. The number of H-pyrrole nitrogens is 2. The first kappa shape index (κ1) is 24.4. The van der Waals surface area contributed by atoms with E-state index in [-0.39, 0.29) is 17.1 Å². The zero-order chi connectivity index (χ0) is 27.1. The average molecular weight is 520 g/mol. The van der Waals surface area contributed by atoms with Crippen LogP contribution in [0.1, 0.15) is 27.2 Å². The lowest BCUT2D eigenvalue weighted by atomic mass is 9.92. The molecular weight excluding hydrogens is 493 g/mol. The fourth-order valence-electron chi connectivity index (χ4n) is 4.62. The monoisotopic (exact) mass is 519 g/mol. The summed E-state index contributed by atoms with van der Waals surface area (Å²) in [4.78, 5) is 29.3. The number of rotatable bonds is 5. The van der Waals surface area contributed by atoms with E-state index in [1.165, 1.54) is 6.07 Å². The second kappa shape index (κ2) is 9.43. The average Bonchev–Trinajstić information content (AvgIpc) is 3.51. The molecule has 9 heteroatoms. The largest absolute Gasteiger partial charge is 0.336 e. The molecule has 0 saturated carbocycles. The molecule has 0 atom stereocenters. The van der Waals surface area contributed by atoms with Gasteiger partial charge in [-0.15, -0.1) is 0 Å². The Hall–Kier alpha value is -4.92. The maximum atomic E-state index is 14.5. The zero-order valence-corrected chi connectivity index (χ0v) is 21.7. The van der Waals surface area contributed by atoms with E-state index in [0.29, 0.717) is 40.4 Å². The van der Waals surface area contributed by atoms with Crippen molar-refractivity contribution in [2.45, 2.75) is 27.2 Å². The van der Waals surface area contributed by atoms with Crippen molar-refractivity contribution in [1.82, 2.24) is 30.1 Å². The number of carbonyl (C=O) groups is 1. The maximum absolute atomic E-state index is 14.5. The van der Waals surface area contributed by atoms with Gasteiger partial charge in [-0.2, -0.15) is 5.10 Å². The van der Waals surface area contributed by atoms with Gasteiger partial charge < -0.3 is 10.3 Å². The van der Waals surface area contributed by atoms with Gasteiger partial charge >= 0.3 is 0 Å². The van der Waals surface area contributed by atoms with E-state index in [2.05, 4.69) is 30.5 Å². The van der Waals surface area contributed by atoms with Gasteiger partial charge in [0.2, 0.25) is 5.91 Å². The third-order valence-electron chi connectivity index (χ3n) is 6.36. The Morgan fingerprint density at radius 1 is 0.974 bits per heavy atom. The highest BCUT2D eigenvalue weighted by Gasteiger charge is 2.19. The molecule has 4 heterocycles. The van der Waals surface area contributed by atoms with Crippen LogP contribution in [-0.2, 0) is 4.79 Å². The minimum absolute atomic E-state index is 0.0526. The normalized spacial score (nSPS) is 11.8. The molecular formula is C30H26FN7O. The van der Waals surface area contributed by atoms with E-state index in [1.807, 2.05) is 51.1 Å². The molecule has 2 aromatic carbocycles. The van der Waals surface area contributed by atoms with Gasteiger partial charge in [-0.05, 0) is 47.4 Å². The number of halogens is 1. The molecule has 6 aromatic rings. The molecule has 0 saturated heterocycles.